The van der Waals surface area contributed by atoms with Crippen molar-refractivity contribution in [3.63, 3.8) is 0 Å². The fourth-order valence-electron chi connectivity index (χ4n) is 1.75. The van der Waals surface area contributed by atoms with Gasteiger partial charge in [0.2, 0.25) is 0 Å². The highest BCUT2D eigenvalue weighted by atomic mass is 32.2. The van der Waals surface area contributed by atoms with E-state index in [1.807, 2.05) is 23.5 Å². The molecule has 0 amide bonds. The first-order valence-corrected chi connectivity index (χ1v) is 9.05. The van der Waals surface area contributed by atoms with Crippen LogP contribution in [0.5, 0.6) is 0 Å². The fraction of sp³-hybridized carbons (Fsp3) is 0.600. The van der Waals surface area contributed by atoms with Crippen molar-refractivity contribution in [2.24, 2.45) is 0 Å². The second-order valence-electron chi connectivity index (χ2n) is 4.70. The van der Waals surface area contributed by atoms with E-state index in [0.717, 1.165) is 12.6 Å². The minimum atomic E-state index is 0.801. The lowest BCUT2D eigenvalue weighted by atomic mass is 10.2. The zero-order valence-corrected chi connectivity index (χ0v) is 12.8. The monoisotopic (exact) mass is 281 g/mol. The Balaban J connectivity index is 1.63. The summed E-state index contributed by atoms with van der Waals surface area (Å²) in [5, 5.41) is 3.55. The smallest absolute Gasteiger partial charge is 0.0208 e. The molecule has 0 atom stereocenters. The number of nitrogens with one attached hydrogen (secondary N) is 1. The summed E-state index contributed by atoms with van der Waals surface area (Å²) in [6, 6.07) is 9.86. The van der Waals surface area contributed by atoms with E-state index in [0.29, 0.717) is 0 Å². The van der Waals surface area contributed by atoms with Crippen LogP contribution in [0.25, 0.3) is 0 Å². The van der Waals surface area contributed by atoms with E-state index < -0.39 is 0 Å². The van der Waals surface area contributed by atoms with Crippen LogP contribution in [0.1, 0.15) is 31.7 Å². The Morgan fingerprint density at radius 2 is 1.94 bits per heavy atom. The third-order valence-electron chi connectivity index (χ3n) is 3.00. The van der Waals surface area contributed by atoms with E-state index in [9.17, 15) is 0 Å². The molecule has 0 bridgehead atoms. The maximum Gasteiger partial charge on any atom is 0.0208 e. The predicted octanol–water partition coefficient (Wildman–Crippen LogP) is 4.17. The number of rotatable bonds is 9. The summed E-state index contributed by atoms with van der Waals surface area (Å²) in [7, 11) is 0. The largest absolute Gasteiger partial charge is 0.310 e. The lowest BCUT2D eigenvalue weighted by molar-refractivity contribution is 0.687. The van der Waals surface area contributed by atoms with Crippen LogP contribution in [0.2, 0.25) is 0 Å². The highest BCUT2D eigenvalue weighted by Crippen LogP contribution is 2.22. The van der Waals surface area contributed by atoms with Crippen molar-refractivity contribution < 1.29 is 0 Å². The SMILES string of the molecule is CCSCCCSc1ccc(CNC2CC2)cc1. The van der Waals surface area contributed by atoms with Gasteiger partial charge in [-0.2, -0.15) is 11.8 Å². The minimum Gasteiger partial charge on any atom is -0.310 e. The number of hydrogen-bond acceptors (Lipinski definition) is 3. The van der Waals surface area contributed by atoms with Gasteiger partial charge < -0.3 is 5.32 Å². The number of benzene rings is 1. The van der Waals surface area contributed by atoms with Crippen LogP contribution in [-0.4, -0.2) is 23.3 Å². The molecule has 1 aliphatic rings. The molecule has 0 spiro atoms. The van der Waals surface area contributed by atoms with Crippen molar-refractivity contribution in [1.82, 2.24) is 5.32 Å². The molecule has 1 N–H and O–H groups in total. The molecule has 1 saturated carbocycles. The van der Waals surface area contributed by atoms with Crippen LogP contribution in [0.15, 0.2) is 29.2 Å². The maximum atomic E-state index is 3.55. The van der Waals surface area contributed by atoms with Crippen LogP contribution in [0.4, 0.5) is 0 Å². The summed E-state index contributed by atoms with van der Waals surface area (Å²) in [6.07, 6.45) is 4.04. The first-order valence-electron chi connectivity index (χ1n) is 6.91. The molecule has 3 heteroatoms. The Kier molecular flexibility index (Phi) is 6.46. The molecule has 0 aromatic heterocycles. The van der Waals surface area contributed by atoms with Gasteiger partial charge in [-0.25, -0.2) is 0 Å². The maximum absolute atomic E-state index is 3.55. The summed E-state index contributed by atoms with van der Waals surface area (Å²) in [6.45, 7) is 3.26. The average molecular weight is 281 g/mol. The van der Waals surface area contributed by atoms with Crippen molar-refractivity contribution >= 4 is 23.5 Å². The third-order valence-corrected chi connectivity index (χ3v) is 5.09. The van der Waals surface area contributed by atoms with E-state index in [1.165, 1.54) is 47.0 Å². The van der Waals surface area contributed by atoms with Gasteiger partial charge in [-0.1, -0.05) is 19.1 Å². The molecule has 100 valence electrons. The van der Waals surface area contributed by atoms with E-state index >= 15 is 0 Å². The number of hydrogen-bond donors (Lipinski definition) is 1. The fourth-order valence-corrected chi connectivity index (χ4v) is 3.42. The van der Waals surface area contributed by atoms with Gasteiger partial charge in [0.05, 0.1) is 0 Å². The topological polar surface area (TPSA) is 12.0 Å². The molecule has 1 aliphatic carbocycles. The summed E-state index contributed by atoms with van der Waals surface area (Å²) < 4.78 is 0. The second kappa shape index (κ2) is 8.13. The first-order chi connectivity index (χ1) is 8.88. The molecule has 0 saturated heterocycles. The van der Waals surface area contributed by atoms with Crippen molar-refractivity contribution in [3.8, 4) is 0 Å². The van der Waals surface area contributed by atoms with Crippen molar-refractivity contribution in [1.29, 1.82) is 0 Å². The Bertz CT molecular complexity index is 333. The average Bonchev–Trinajstić information content (AvgIpc) is 3.22. The molecule has 0 aliphatic heterocycles. The molecule has 2 rings (SSSR count). The third kappa shape index (κ3) is 5.68. The van der Waals surface area contributed by atoms with Gasteiger partial charge in [0.25, 0.3) is 0 Å². The molecule has 18 heavy (non-hydrogen) atoms. The van der Waals surface area contributed by atoms with E-state index in [1.54, 1.807) is 0 Å². The predicted molar refractivity (Wildman–Crippen MR) is 84.6 cm³/mol. The van der Waals surface area contributed by atoms with Gasteiger partial charge in [-0.05, 0) is 54.2 Å². The molecule has 0 heterocycles. The van der Waals surface area contributed by atoms with Crippen LogP contribution < -0.4 is 5.32 Å². The molecule has 1 fully saturated rings. The number of thioether (sulfide) groups is 2. The first kappa shape index (κ1) is 14.3. The lowest BCUT2D eigenvalue weighted by Gasteiger charge is -2.05. The van der Waals surface area contributed by atoms with Crippen LogP contribution in [0, 0.1) is 0 Å². The lowest BCUT2D eigenvalue weighted by Crippen LogP contribution is -2.14. The zero-order chi connectivity index (χ0) is 12.6. The summed E-state index contributed by atoms with van der Waals surface area (Å²) in [5.74, 6) is 3.78. The van der Waals surface area contributed by atoms with Crippen molar-refractivity contribution in [3.05, 3.63) is 29.8 Å². The zero-order valence-electron chi connectivity index (χ0n) is 11.2. The summed E-state index contributed by atoms with van der Waals surface area (Å²) in [5.41, 5.74) is 1.41. The molecule has 0 unspecified atom stereocenters. The molecule has 0 radical (unpaired) electrons. The normalized spacial score (nSPS) is 14.9. The van der Waals surface area contributed by atoms with E-state index in [2.05, 4.69) is 36.5 Å². The summed E-state index contributed by atoms with van der Waals surface area (Å²) in [4.78, 5) is 1.41. The highest BCUT2D eigenvalue weighted by Gasteiger charge is 2.19. The standard InChI is InChI=1S/C15H23NS2/c1-2-17-10-3-11-18-15-8-4-13(5-9-15)12-16-14-6-7-14/h4-5,8-9,14,16H,2-3,6-7,10-12H2,1H3. The second-order valence-corrected chi connectivity index (χ2v) is 7.26. The summed E-state index contributed by atoms with van der Waals surface area (Å²) >= 11 is 4.02. The Labute approximate surface area is 120 Å². The van der Waals surface area contributed by atoms with Crippen LogP contribution in [-0.2, 0) is 6.54 Å². The van der Waals surface area contributed by atoms with Gasteiger partial charge in [0.15, 0.2) is 0 Å². The van der Waals surface area contributed by atoms with Gasteiger partial charge in [-0.15, -0.1) is 11.8 Å². The molecule has 1 nitrogen and oxygen atoms in total. The van der Waals surface area contributed by atoms with E-state index in [-0.39, 0.29) is 0 Å². The minimum absolute atomic E-state index is 0.801. The highest BCUT2D eigenvalue weighted by molar-refractivity contribution is 8.00. The van der Waals surface area contributed by atoms with Crippen molar-refractivity contribution in [2.45, 2.75) is 43.7 Å². The van der Waals surface area contributed by atoms with Crippen LogP contribution >= 0.6 is 23.5 Å². The molecule has 1 aromatic rings. The molecular formula is C15H23NS2. The van der Waals surface area contributed by atoms with Gasteiger partial charge in [0.1, 0.15) is 0 Å². The van der Waals surface area contributed by atoms with Crippen molar-refractivity contribution in [2.75, 3.05) is 17.3 Å². The van der Waals surface area contributed by atoms with Gasteiger partial charge >= 0.3 is 0 Å². The van der Waals surface area contributed by atoms with E-state index in [4.69, 9.17) is 0 Å². The Hall–Kier alpha value is -0.120. The van der Waals surface area contributed by atoms with Gasteiger partial charge in [-0.3, -0.25) is 0 Å². The quantitative estimate of drug-likeness (QED) is 0.539. The Morgan fingerprint density at radius 3 is 2.61 bits per heavy atom. The van der Waals surface area contributed by atoms with Crippen LogP contribution in [0.3, 0.4) is 0 Å². The van der Waals surface area contributed by atoms with Gasteiger partial charge in [0, 0.05) is 17.5 Å². The Morgan fingerprint density at radius 1 is 1.17 bits per heavy atom. The molecule has 1 aromatic carbocycles. The molecular weight excluding hydrogens is 258 g/mol.